The van der Waals surface area contributed by atoms with E-state index in [1.807, 2.05) is 0 Å². The number of nitrogens with zero attached hydrogens (tertiary/aromatic N) is 1. The zero-order valence-electron chi connectivity index (χ0n) is 7.84. The molecule has 1 heterocycles. The molecule has 0 radical (unpaired) electrons. The molecule has 0 saturated carbocycles. The van der Waals surface area contributed by atoms with Crippen LogP contribution >= 0.6 is 12.2 Å². The Morgan fingerprint density at radius 3 is 2.67 bits per heavy atom. The van der Waals surface area contributed by atoms with Crippen molar-refractivity contribution in [3.63, 3.8) is 0 Å². The number of aliphatic hydroxyl groups is 1. The Morgan fingerprint density at radius 2 is 2.13 bits per heavy atom. The average molecular weight is 240 g/mol. The van der Waals surface area contributed by atoms with E-state index < -0.39 is 12.6 Å². The number of alkyl halides is 3. The van der Waals surface area contributed by atoms with Crippen LogP contribution in [0.5, 0.6) is 0 Å². The summed E-state index contributed by atoms with van der Waals surface area (Å²) in [6.45, 7) is -0.0725. The number of rotatable bonds is 4. The van der Waals surface area contributed by atoms with E-state index in [1.165, 1.54) is 10.8 Å². The highest BCUT2D eigenvalue weighted by Crippen LogP contribution is 2.21. The topological polar surface area (TPSA) is 40.9 Å². The first-order valence-corrected chi connectivity index (χ1v) is 4.79. The second kappa shape index (κ2) is 4.80. The Balaban J connectivity index is 2.57. The van der Waals surface area contributed by atoms with Gasteiger partial charge in [-0.15, -0.1) is 0 Å². The van der Waals surface area contributed by atoms with Crippen LogP contribution in [0.1, 0.15) is 18.5 Å². The van der Waals surface area contributed by atoms with Gasteiger partial charge in [0.2, 0.25) is 0 Å². The van der Waals surface area contributed by atoms with Gasteiger partial charge in [-0.05, 0) is 18.6 Å². The van der Waals surface area contributed by atoms with E-state index in [4.69, 9.17) is 17.3 Å². The number of aliphatic hydroxyl groups excluding tert-OH is 1. The number of nitrogens with one attached hydrogen (secondary N) is 1. The molecule has 1 aromatic rings. The van der Waals surface area contributed by atoms with Gasteiger partial charge < -0.3 is 14.7 Å². The molecule has 0 aliphatic rings. The molecule has 7 heteroatoms. The van der Waals surface area contributed by atoms with Crippen LogP contribution in [0.3, 0.4) is 0 Å². The number of hydrogen-bond acceptors (Lipinski definition) is 2. The largest absolute Gasteiger partial charge is 0.390 e. The van der Waals surface area contributed by atoms with Gasteiger partial charge >= 0.3 is 6.18 Å². The highest BCUT2D eigenvalue weighted by Gasteiger charge is 2.26. The number of imidazole rings is 1. The molecule has 0 saturated heterocycles. The molecule has 0 aliphatic heterocycles. The van der Waals surface area contributed by atoms with Crippen LogP contribution in [-0.4, -0.2) is 20.8 Å². The molecular formula is C8H11F3N2OS. The maximum absolute atomic E-state index is 11.9. The van der Waals surface area contributed by atoms with E-state index in [9.17, 15) is 13.2 Å². The molecule has 3 nitrogen and oxygen atoms in total. The first-order chi connectivity index (χ1) is 6.94. The van der Waals surface area contributed by atoms with Crippen molar-refractivity contribution in [2.75, 3.05) is 0 Å². The highest BCUT2D eigenvalue weighted by molar-refractivity contribution is 7.71. The second-order valence-corrected chi connectivity index (χ2v) is 3.50. The van der Waals surface area contributed by atoms with Crippen LogP contribution in [0.15, 0.2) is 6.20 Å². The third-order valence-corrected chi connectivity index (χ3v) is 2.30. The van der Waals surface area contributed by atoms with Crippen molar-refractivity contribution >= 4 is 12.2 Å². The molecule has 15 heavy (non-hydrogen) atoms. The standard InChI is InChI=1S/C8H11F3N2OS/c9-8(10,11)2-1-3-13-6(5-14)4-12-7(13)15/h4,14H,1-3,5H2,(H,12,15). The van der Waals surface area contributed by atoms with Crippen molar-refractivity contribution < 1.29 is 18.3 Å². The first-order valence-electron chi connectivity index (χ1n) is 4.39. The van der Waals surface area contributed by atoms with Gasteiger partial charge in [0, 0.05) is 19.2 Å². The molecule has 1 rings (SSSR count). The summed E-state index contributed by atoms with van der Waals surface area (Å²) in [7, 11) is 0. The minimum Gasteiger partial charge on any atom is -0.390 e. The Kier molecular flexibility index (Phi) is 3.92. The summed E-state index contributed by atoms with van der Waals surface area (Å²) in [4.78, 5) is 2.67. The maximum Gasteiger partial charge on any atom is 0.389 e. The van der Waals surface area contributed by atoms with Gasteiger partial charge in [-0.2, -0.15) is 13.2 Å². The molecular weight excluding hydrogens is 229 g/mol. The second-order valence-electron chi connectivity index (χ2n) is 3.11. The smallest absolute Gasteiger partial charge is 0.389 e. The summed E-state index contributed by atoms with van der Waals surface area (Å²) in [5.74, 6) is 0. The molecule has 0 unspecified atom stereocenters. The molecule has 0 atom stereocenters. The van der Waals surface area contributed by atoms with Crippen molar-refractivity contribution in [3.05, 3.63) is 16.7 Å². The van der Waals surface area contributed by atoms with Gasteiger partial charge in [0.1, 0.15) is 0 Å². The van der Waals surface area contributed by atoms with Gasteiger partial charge in [0.25, 0.3) is 0 Å². The Hall–Kier alpha value is -0.820. The fourth-order valence-electron chi connectivity index (χ4n) is 1.25. The predicted octanol–water partition coefficient (Wildman–Crippen LogP) is 2.38. The third kappa shape index (κ3) is 3.67. The lowest BCUT2D eigenvalue weighted by Gasteiger charge is -2.08. The SMILES string of the molecule is OCc1c[nH]c(=S)n1CCCC(F)(F)F. The van der Waals surface area contributed by atoms with E-state index in [0.717, 1.165) is 0 Å². The summed E-state index contributed by atoms with van der Waals surface area (Å²) in [5, 5.41) is 8.88. The monoisotopic (exact) mass is 240 g/mol. The van der Waals surface area contributed by atoms with Crippen LogP contribution in [0.2, 0.25) is 0 Å². The van der Waals surface area contributed by atoms with Crippen molar-refractivity contribution in [1.29, 1.82) is 0 Å². The molecule has 1 aromatic heterocycles. The van der Waals surface area contributed by atoms with Crippen molar-refractivity contribution in [2.45, 2.75) is 32.2 Å². The zero-order chi connectivity index (χ0) is 11.5. The number of H-pyrrole nitrogens is 1. The average Bonchev–Trinajstić information content (AvgIpc) is 2.46. The van der Waals surface area contributed by atoms with Crippen molar-refractivity contribution in [2.24, 2.45) is 0 Å². The predicted molar refractivity (Wildman–Crippen MR) is 50.8 cm³/mol. The van der Waals surface area contributed by atoms with E-state index in [2.05, 4.69) is 4.98 Å². The van der Waals surface area contributed by atoms with Gasteiger partial charge in [0.05, 0.1) is 12.3 Å². The third-order valence-electron chi connectivity index (χ3n) is 1.96. The number of hydrogen-bond donors (Lipinski definition) is 2. The van der Waals surface area contributed by atoms with Crippen LogP contribution in [0, 0.1) is 4.77 Å². The van der Waals surface area contributed by atoms with Crippen LogP contribution in [-0.2, 0) is 13.2 Å². The molecule has 0 amide bonds. The van der Waals surface area contributed by atoms with Crippen molar-refractivity contribution in [1.82, 2.24) is 9.55 Å². The summed E-state index contributed by atoms with van der Waals surface area (Å²) in [6, 6.07) is 0. The molecule has 86 valence electrons. The molecule has 0 aliphatic carbocycles. The minimum atomic E-state index is -4.14. The van der Waals surface area contributed by atoms with Gasteiger partial charge in [0.15, 0.2) is 4.77 Å². The minimum absolute atomic E-state index is 0.0390. The highest BCUT2D eigenvalue weighted by atomic mass is 32.1. The summed E-state index contributed by atoms with van der Waals surface area (Å²) < 4.78 is 37.4. The fourth-order valence-corrected chi connectivity index (χ4v) is 1.51. The lowest BCUT2D eigenvalue weighted by Crippen LogP contribution is -2.10. The summed E-state index contributed by atoms with van der Waals surface area (Å²) in [5.41, 5.74) is 0.502. The molecule has 0 bridgehead atoms. The number of halogens is 3. The van der Waals surface area contributed by atoms with E-state index in [-0.39, 0.29) is 19.6 Å². The molecule has 0 aromatic carbocycles. The summed E-state index contributed by atoms with van der Waals surface area (Å²) >= 11 is 4.86. The number of aromatic amines is 1. The lowest BCUT2D eigenvalue weighted by atomic mass is 10.3. The van der Waals surface area contributed by atoms with E-state index in [0.29, 0.717) is 10.5 Å². The first kappa shape index (κ1) is 12.3. The zero-order valence-corrected chi connectivity index (χ0v) is 8.66. The van der Waals surface area contributed by atoms with E-state index in [1.54, 1.807) is 0 Å². The van der Waals surface area contributed by atoms with Crippen LogP contribution in [0.25, 0.3) is 0 Å². The molecule has 0 fully saturated rings. The lowest BCUT2D eigenvalue weighted by molar-refractivity contribution is -0.135. The van der Waals surface area contributed by atoms with Crippen LogP contribution < -0.4 is 0 Å². The maximum atomic E-state index is 11.9. The van der Waals surface area contributed by atoms with Gasteiger partial charge in [-0.25, -0.2) is 0 Å². The van der Waals surface area contributed by atoms with Gasteiger partial charge in [-0.3, -0.25) is 0 Å². The van der Waals surface area contributed by atoms with Crippen molar-refractivity contribution in [3.8, 4) is 0 Å². The summed E-state index contributed by atoms with van der Waals surface area (Å²) in [6.07, 6.45) is -3.53. The molecule has 0 spiro atoms. The molecule has 2 N–H and O–H groups in total. The number of aromatic nitrogens is 2. The Morgan fingerprint density at radius 1 is 1.47 bits per heavy atom. The normalized spacial score (nSPS) is 12.0. The van der Waals surface area contributed by atoms with E-state index >= 15 is 0 Å². The fraction of sp³-hybridized carbons (Fsp3) is 0.625. The Labute approximate surface area is 89.5 Å². The quantitative estimate of drug-likeness (QED) is 0.793. The Bertz CT molecular complexity index is 369. The van der Waals surface area contributed by atoms with Crippen LogP contribution in [0.4, 0.5) is 13.2 Å². The van der Waals surface area contributed by atoms with Gasteiger partial charge in [-0.1, -0.05) is 0 Å².